The van der Waals surface area contributed by atoms with E-state index in [0.717, 1.165) is 44.7 Å². The zero-order valence-corrected chi connectivity index (χ0v) is 15.1. The van der Waals surface area contributed by atoms with Crippen molar-refractivity contribution in [1.82, 2.24) is 5.32 Å². The molecular weight excluding hydrogens is 305 g/mol. The number of halogens is 1. The molecule has 0 saturated carbocycles. The Labute approximate surface area is 145 Å². The van der Waals surface area contributed by atoms with Crippen LogP contribution in [0.25, 0.3) is 0 Å². The lowest BCUT2D eigenvalue weighted by Gasteiger charge is -2.33. The van der Waals surface area contributed by atoms with E-state index in [1.165, 1.54) is 17.0 Å². The predicted molar refractivity (Wildman–Crippen MR) is 95.9 cm³/mol. The molecule has 4 nitrogen and oxygen atoms in total. The van der Waals surface area contributed by atoms with E-state index in [1.807, 2.05) is 12.1 Å². The van der Waals surface area contributed by atoms with Gasteiger partial charge in [-0.15, -0.1) is 0 Å². The summed E-state index contributed by atoms with van der Waals surface area (Å²) in [5.41, 5.74) is 1.06. The van der Waals surface area contributed by atoms with Crippen LogP contribution >= 0.6 is 0 Å². The Bertz CT molecular complexity index is 510. The van der Waals surface area contributed by atoms with Gasteiger partial charge >= 0.3 is 0 Å². The van der Waals surface area contributed by atoms with Gasteiger partial charge in [-0.05, 0) is 49.9 Å². The molecule has 2 N–H and O–H groups in total. The van der Waals surface area contributed by atoms with Crippen molar-refractivity contribution in [2.24, 2.45) is 5.92 Å². The van der Waals surface area contributed by atoms with Crippen LogP contribution in [0.4, 0.5) is 10.1 Å². The van der Waals surface area contributed by atoms with Gasteiger partial charge in [0.15, 0.2) is 6.54 Å². The Morgan fingerprint density at radius 1 is 1.17 bits per heavy atom. The molecular formula is C19H31FN3O+. The van der Waals surface area contributed by atoms with Gasteiger partial charge in [0, 0.05) is 11.7 Å². The van der Waals surface area contributed by atoms with Gasteiger partial charge in [-0.1, -0.05) is 13.8 Å². The molecule has 0 unspecified atom stereocenters. The molecule has 0 spiro atoms. The number of benzene rings is 1. The second-order valence-electron chi connectivity index (χ2n) is 7.33. The van der Waals surface area contributed by atoms with Crippen LogP contribution in [0, 0.1) is 11.7 Å². The fourth-order valence-electron chi connectivity index (χ4n) is 3.12. The summed E-state index contributed by atoms with van der Waals surface area (Å²) >= 11 is 0. The molecule has 134 valence electrons. The summed E-state index contributed by atoms with van der Waals surface area (Å²) in [6, 6.07) is 6.90. The van der Waals surface area contributed by atoms with Crippen molar-refractivity contribution >= 4 is 11.6 Å². The molecule has 0 aromatic heterocycles. The molecule has 1 fully saturated rings. The molecule has 24 heavy (non-hydrogen) atoms. The Morgan fingerprint density at radius 2 is 1.79 bits per heavy atom. The minimum Gasteiger partial charge on any atom is -0.360 e. The first-order valence-electron chi connectivity index (χ1n) is 9.07. The number of hydrogen-bond donors (Lipinski definition) is 2. The van der Waals surface area contributed by atoms with Crippen molar-refractivity contribution in [2.45, 2.75) is 39.7 Å². The van der Waals surface area contributed by atoms with Gasteiger partial charge in [0.05, 0.1) is 26.2 Å². The van der Waals surface area contributed by atoms with Gasteiger partial charge in [-0.25, -0.2) is 4.39 Å². The van der Waals surface area contributed by atoms with Crippen LogP contribution in [0.5, 0.6) is 0 Å². The van der Waals surface area contributed by atoms with Crippen LogP contribution in [-0.4, -0.2) is 44.7 Å². The fraction of sp³-hybridized carbons (Fsp3) is 0.632. The van der Waals surface area contributed by atoms with Crippen molar-refractivity contribution in [3.8, 4) is 0 Å². The zero-order chi connectivity index (χ0) is 17.5. The molecule has 1 heterocycles. The third-order valence-electron chi connectivity index (χ3n) is 4.66. The summed E-state index contributed by atoms with van der Waals surface area (Å²) in [5.74, 6) is 0.622. The first-order valence-corrected chi connectivity index (χ1v) is 9.07. The van der Waals surface area contributed by atoms with E-state index in [0.29, 0.717) is 12.5 Å². The SMILES string of the molecule is CC(C)CC[C@H](C)NC(=O)C[NH+]1CCN(c2ccc(F)cc2)CC1. The zero-order valence-electron chi connectivity index (χ0n) is 15.1. The largest absolute Gasteiger partial charge is 0.360 e. The van der Waals surface area contributed by atoms with E-state index in [4.69, 9.17) is 0 Å². The summed E-state index contributed by atoms with van der Waals surface area (Å²) in [7, 11) is 0. The highest BCUT2D eigenvalue weighted by Gasteiger charge is 2.22. The molecule has 1 aliphatic heterocycles. The summed E-state index contributed by atoms with van der Waals surface area (Å²) in [5, 5.41) is 3.12. The van der Waals surface area contributed by atoms with Crippen molar-refractivity contribution in [3.63, 3.8) is 0 Å². The van der Waals surface area contributed by atoms with Crippen molar-refractivity contribution < 1.29 is 14.1 Å². The van der Waals surface area contributed by atoms with Crippen molar-refractivity contribution in [2.75, 3.05) is 37.6 Å². The predicted octanol–water partition coefficient (Wildman–Crippen LogP) is 1.47. The van der Waals surface area contributed by atoms with E-state index in [9.17, 15) is 9.18 Å². The highest BCUT2D eigenvalue weighted by molar-refractivity contribution is 5.77. The van der Waals surface area contributed by atoms with Crippen molar-refractivity contribution in [1.29, 1.82) is 0 Å². The minimum absolute atomic E-state index is 0.150. The van der Waals surface area contributed by atoms with Crippen LogP contribution in [-0.2, 0) is 4.79 Å². The van der Waals surface area contributed by atoms with Gasteiger partial charge < -0.3 is 15.1 Å². The van der Waals surface area contributed by atoms with Crippen LogP contribution in [0.2, 0.25) is 0 Å². The van der Waals surface area contributed by atoms with E-state index in [2.05, 4.69) is 31.0 Å². The lowest BCUT2D eigenvalue weighted by molar-refractivity contribution is -0.892. The van der Waals surface area contributed by atoms with Crippen LogP contribution in [0.3, 0.4) is 0 Å². The van der Waals surface area contributed by atoms with Crippen molar-refractivity contribution in [3.05, 3.63) is 30.1 Å². The Morgan fingerprint density at radius 3 is 2.38 bits per heavy atom. The fourth-order valence-corrected chi connectivity index (χ4v) is 3.12. The number of nitrogens with zero attached hydrogens (tertiary/aromatic N) is 1. The molecule has 1 aromatic rings. The van der Waals surface area contributed by atoms with Crippen LogP contribution < -0.4 is 15.1 Å². The molecule has 2 rings (SSSR count). The molecule has 1 atom stereocenters. The maximum absolute atomic E-state index is 13.0. The molecule has 0 bridgehead atoms. The van der Waals surface area contributed by atoms with Gasteiger partial charge in [-0.2, -0.15) is 0 Å². The minimum atomic E-state index is -0.203. The molecule has 1 saturated heterocycles. The number of rotatable bonds is 7. The molecule has 1 aliphatic rings. The molecule has 0 radical (unpaired) electrons. The molecule has 1 aromatic carbocycles. The van der Waals surface area contributed by atoms with Gasteiger partial charge in [0.25, 0.3) is 5.91 Å². The first kappa shape index (κ1) is 18.7. The quantitative estimate of drug-likeness (QED) is 0.791. The van der Waals surface area contributed by atoms with E-state index < -0.39 is 0 Å². The lowest BCUT2D eigenvalue weighted by atomic mass is 10.0. The maximum atomic E-state index is 13.0. The molecule has 1 amide bonds. The first-order chi connectivity index (χ1) is 11.4. The number of nitrogens with one attached hydrogen (secondary N) is 2. The standard InChI is InChI=1S/C19H30FN3O/c1-15(2)4-5-16(3)21-19(24)14-22-10-12-23(13-11-22)18-8-6-17(20)7-9-18/h6-9,15-16H,4-5,10-14H2,1-3H3,(H,21,24)/p+1/t16-/m0/s1. The van der Waals surface area contributed by atoms with Gasteiger partial charge in [-0.3, -0.25) is 4.79 Å². The Kier molecular flexibility index (Phi) is 7.03. The van der Waals surface area contributed by atoms with Gasteiger partial charge in [0.2, 0.25) is 0 Å². The van der Waals surface area contributed by atoms with E-state index in [1.54, 1.807) is 0 Å². The smallest absolute Gasteiger partial charge is 0.275 e. The van der Waals surface area contributed by atoms with Gasteiger partial charge in [0.1, 0.15) is 5.82 Å². The summed E-state index contributed by atoms with van der Waals surface area (Å²) in [6.45, 7) is 10.7. The van der Waals surface area contributed by atoms with Crippen LogP contribution in [0.15, 0.2) is 24.3 Å². The Hall–Kier alpha value is -1.62. The summed E-state index contributed by atoms with van der Waals surface area (Å²) < 4.78 is 13.0. The number of piperazine rings is 1. The second-order valence-corrected chi connectivity index (χ2v) is 7.33. The third kappa shape index (κ3) is 6.11. The number of carbonyl (C=O) groups excluding carboxylic acids is 1. The Balaban J connectivity index is 1.70. The monoisotopic (exact) mass is 336 g/mol. The lowest BCUT2D eigenvalue weighted by Crippen LogP contribution is -3.16. The second kappa shape index (κ2) is 9.02. The highest BCUT2D eigenvalue weighted by atomic mass is 19.1. The summed E-state index contributed by atoms with van der Waals surface area (Å²) in [6.07, 6.45) is 2.18. The average molecular weight is 336 g/mol. The number of anilines is 1. The average Bonchev–Trinajstić information content (AvgIpc) is 2.54. The number of amides is 1. The molecule has 0 aliphatic carbocycles. The number of hydrogen-bond acceptors (Lipinski definition) is 2. The van der Waals surface area contributed by atoms with Crippen LogP contribution in [0.1, 0.15) is 33.6 Å². The number of carbonyl (C=O) groups is 1. The van der Waals surface area contributed by atoms with E-state index >= 15 is 0 Å². The van der Waals surface area contributed by atoms with E-state index in [-0.39, 0.29) is 17.8 Å². The maximum Gasteiger partial charge on any atom is 0.275 e. The number of quaternary nitrogens is 1. The normalized spacial score (nSPS) is 17.1. The third-order valence-corrected chi connectivity index (χ3v) is 4.66. The highest BCUT2D eigenvalue weighted by Crippen LogP contribution is 2.14. The molecule has 5 heteroatoms. The topological polar surface area (TPSA) is 36.8 Å². The summed E-state index contributed by atoms with van der Waals surface area (Å²) in [4.78, 5) is 15.7.